The van der Waals surface area contributed by atoms with Gasteiger partial charge in [-0.15, -0.1) is 0 Å². The van der Waals surface area contributed by atoms with E-state index in [1.54, 1.807) is 7.11 Å². The van der Waals surface area contributed by atoms with E-state index in [9.17, 15) is 0 Å². The van der Waals surface area contributed by atoms with E-state index in [1.807, 2.05) is 18.2 Å². The van der Waals surface area contributed by atoms with E-state index in [1.165, 1.54) is 5.56 Å². The summed E-state index contributed by atoms with van der Waals surface area (Å²) >= 11 is 0. The van der Waals surface area contributed by atoms with Gasteiger partial charge in [0.25, 0.3) is 0 Å². The Morgan fingerprint density at radius 3 is 2.87 bits per heavy atom. The first-order valence-electron chi connectivity index (χ1n) is 8.45. The highest BCUT2D eigenvalue weighted by molar-refractivity contribution is 5.79. The lowest BCUT2D eigenvalue weighted by molar-refractivity contribution is 0.0283. The average Bonchev–Trinajstić information content (AvgIpc) is 3.00. The number of nitrogens with zero attached hydrogens (tertiary/aromatic N) is 1. The zero-order chi connectivity index (χ0) is 16.5. The van der Waals surface area contributed by atoms with Gasteiger partial charge < -0.3 is 20.1 Å². The molecule has 1 heterocycles. The minimum atomic E-state index is -0.106. The first kappa shape index (κ1) is 17.6. The van der Waals surface area contributed by atoms with E-state index < -0.39 is 0 Å². The summed E-state index contributed by atoms with van der Waals surface area (Å²) < 4.78 is 11.2. The second-order valence-corrected chi connectivity index (χ2v) is 6.09. The fraction of sp³-hybridized carbons (Fsp3) is 0.611. The molecule has 1 aromatic carbocycles. The molecule has 0 spiro atoms. The van der Waals surface area contributed by atoms with Crippen LogP contribution >= 0.6 is 0 Å². The zero-order valence-corrected chi connectivity index (χ0v) is 14.5. The summed E-state index contributed by atoms with van der Waals surface area (Å²) in [7, 11) is 1.71. The molecule has 0 bridgehead atoms. The number of aliphatic imine (C=N–C) groups is 1. The van der Waals surface area contributed by atoms with Gasteiger partial charge in [0.1, 0.15) is 5.75 Å². The van der Waals surface area contributed by atoms with Crippen LogP contribution in [-0.4, -0.2) is 44.9 Å². The SMILES string of the molecule is CCNC(=NCC1(C)CCCO1)NCCc1ccccc1OC. The Bertz CT molecular complexity index is 511. The third-order valence-electron chi connectivity index (χ3n) is 4.10. The molecule has 1 aromatic rings. The first-order chi connectivity index (χ1) is 11.2. The molecule has 5 heteroatoms. The normalized spacial score (nSPS) is 21.3. The van der Waals surface area contributed by atoms with Crippen LogP contribution in [0.1, 0.15) is 32.3 Å². The van der Waals surface area contributed by atoms with Crippen LogP contribution in [0.3, 0.4) is 0 Å². The van der Waals surface area contributed by atoms with Crippen LogP contribution in [0.2, 0.25) is 0 Å². The summed E-state index contributed by atoms with van der Waals surface area (Å²) in [5, 5.41) is 6.68. The molecule has 2 N–H and O–H groups in total. The van der Waals surface area contributed by atoms with Crippen LogP contribution in [0.15, 0.2) is 29.3 Å². The van der Waals surface area contributed by atoms with E-state index in [4.69, 9.17) is 9.47 Å². The van der Waals surface area contributed by atoms with Crippen LogP contribution in [0.4, 0.5) is 0 Å². The minimum Gasteiger partial charge on any atom is -0.496 e. The van der Waals surface area contributed by atoms with Crippen molar-refractivity contribution in [2.24, 2.45) is 4.99 Å². The Balaban J connectivity index is 1.86. The molecule has 128 valence electrons. The van der Waals surface area contributed by atoms with Crippen molar-refractivity contribution in [1.29, 1.82) is 0 Å². The molecule has 1 unspecified atom stereocenters. The summed E-state index contributed by atoms with van der Waals surface area (Å²) in [6.07, 6.45) is 3.10. The van der Waals surface area contributed by atoms with E-state index in [2.05, 4.69) is 35.5 Å². The number of ether oxygens (including phenoxy) is 2. The third kappa shape index (κ3) is 5.43. The summed E-state index contributed by atoms with van der Waals surface area (Å²) in [6, 6.07) is 8.11. The number of guanidine groups is 1. The number of rotatable bonds is 7. The van der Waals surface area contributed by atoms with Gasteiger partial charge in [-0.05, 0) is 44.7 Å². The van der Waals surface area contributed by atoms with Crippen molar-refractivity contribution in [3.8, 4) is 5.75 Å². The molecule has 5 nitrogen and oxygen atoms in total. The van der Waals surface area contributed by atoms with E-state index >= 15 is 0 Å². The van der Waals surface area contributed by atoms with Crippen LogP contribution < -0.4 is 15.4 Å². The Morgan fingerprint density at radius 2 is 2.17 bits per heavy atom. The molecule has 0 amide bonds. The maximum atomic E-state index is 5.79. The molecular formula is C18H29N3O2. The predicted octanol–water partition coefficient (Wildman–Crippen LogP) is 2.36. The number of hydrogen-bond acceptors (Lipinski definition) is 3. The Kier molecular flexibility index (Phi) is 6.71. The standard InChI is InChI=1S/C18H29N3O2/c1-4-19-17(21-14-18(2)11-7-13-23-18)20-12-10-15-8-5-6-9-16(15)22-3/h5-6,8-9H,4,7,10-14H2,1-3H3,(H2,19,20,21). The second-order valence-electron chi connectivity index (χ2n) is 6.09. The lowest BCUT2D eigenvalue weighted by atomic mass is 10.0. The maximum Gasteiger partial charge on any atom is 0.191 e. The summed E-state index contributed by atoms with van der Waals surface area (Å²) in [4.78, 5) is 4.68. The summed E-state index contributed by atoms with van der Waals surface area (Å²) in [6.45, 7) is 7.41. The number of para-hydroxylation sites is 1. The summed E-state index contributed by atoms with van der Waals surface area (Å²) in [5.74, 6) is 1.78. The van der Waals surface area contributed by atoms with Gasteiger partial charge in [-0.3, -0.25) is 4.99 Å². The summed E-state index contributed by atoms with van der Waals surface area (Å²) in [5.41, 5.74) is 1.09. The molecule has 0 aromatic heterocycles. The van der Waals surface area contributed by atoms with Gasteiger partial charge in [0, 0.05) is 19.7 Å². The van der Waals surface area contributed by atoms with Crippen molar-refractivity contribution < 1.29 is 9.47 Å². The Labute approximate surface area is 139 Å². The van der Waals surface area contributed by atoms with E-state index in [0.717, 1.165) is 50.7 Å². The van der Waals surface area contributed by atoms with Gasteiger partial charge in [-0.2, -0.15) is 0 Å². The van der Waals surface area contributed by atoms with Crippen molar-refractivity contribution in [2.75, 3.05) is 33.4 Å². The predicted molar refractivity (Wildman–Crippen MR) is 94.3 cm³/mol. The topological polar surface area (TPSA) is 54.9 Å². The molecule has 0 aliphatic carbocycles. The molecule has 23 heavy (non-hydrogen) atoms. The molecule has 1 aliphatic heterocycles. The van der Waals surface area contributed by atoms with Gasteiger partial charge in [-0.25, -0.2) is 0 Å². The minimum absolute atomic E-state index is 0.106. The van der Waals surface area contributed by atoms with Gasteiger partial charge >= 0.3 is 0 Å². The quantitative estimate of drug-likeness (QED) is 0.598. The van der Waals surface area contributed by atoms with Crippen molar-refractivity contribution in [2.45, 2.75) is 38.7 Å². The van der Waals surface area contributed by atoms with Crippen LogP contribution in [0, 0.1) is 0 Å². The lowest BCUT2D eigenvalue weighted by Gasteiger charge is -2.21. The highest BCUT2D eigenvalue weighted by Gasteiger charge is 2.29. The molecule has 2 rings (SSSR count). The highest BCUT2D eigenvalue weighted by atomic mass is 16.5. The molecule has 1 saturated heterocycles. The van der Waals surface area contributed by atoms with Crippen LogP contribution in [0.5, 0.6) is 5.75 Å². The monoisotopic (exact) mass is 319 g/mol. The van der Waals surface area contributed by atoms with Crippen LogP contribution in [0.25, 0.3) is 0 Å². The fourth-order valence-corrected chi connectivity index (χ4v) is 2.77. The van der Waals surface area contributed by atoms with Crippen molar-refractivity contribution in [3.05, 3.63) is 29.8 Å². The molecule has 0 radical (unpaired) electrons. The average molecular weight is 319 g/mol. The number of methoxy groups -OCH3 is 1. The smallest absolute Gasteiger partial charge is 0.191 e. The second kappa shape index (κ2) is 8.77. The Morgan fingerprint density at radius 1 is 1.35 bits per heavy atom. The van der Waals surface area contributed by atoms with Gasteiger partial charge in [0.05, 0.1) is 19.3 Å². The van der Waals surface area contributed by atoms with Gasteiger partial charge in [-0.1, -0.05) is 18.2 Å². The lowest BCUT2D eigenvalue weighted by Crippen LogP contribution is -2.40. The highest BCUT2D eigenvalue weighted by Crippen LogP contribution is 2.25. The van der Waals surface area contributed by atoms with Crippen molar-refractivity contribution in [1.82, 2.24) is 10.6 Å². The van der Waals surface area contributed by atoms with Crippen molar-refractivity contribution in [3.63, 3.8) is 0 Å². The third-order valence-corrected chi connectivity index (χ3v) is 4.10. The number of hydrogen-bond donors (Lipinski definition) is 2. The molecule has 1 fully saturated rings. The van der Waals surface area contributed by atoms with E-state index in [0.29, 0.717) is 6.54 Å². The van der Waals surface area contributed by atoms with Gasteiger partial charge in [0.15, 0.2) is 5.96 Å². The first-order valence-corrected chi connectivity index (χ1v) is 8.45. The maximum absolute atomic E-state index is 5.79. The van der Waals surface area contributed by atoms with E-state index in [-0.39, 0.29) is 5.60 Å². The number of benzene rings is 1. The van der Waals surface area contributed by atoms with Gasteiger partial charge in [0.2, 0.25) is 0 Å². The van der Waals surface area contributed by atoms with Crippen molar-refractivity contribution >= 4 is 5.96 Å². The molecule has 1 atom stereocenters. The zero-order valence-electron chi connectivity index (χ0n) is 14.5. The van der Waals surface area contributed by atoms with Crippen LogP contribution in [-0.2, 0) is 11.2 Å². The fourth-order valence-electron chi connectivity index (χ4n) is 2.77. The molecular weight excluding hydrogens is 290 g/mol. The largest absolute Gasteiger partial charge is 0.496 e. The Hall–Kier alpha value is -1.75. The number of nitrogens with one attached hydrogen (secondary N) is 2. The molecule has 1 aliphatic rings. The molecule has 0 saturated carbocycles.